The third-order valence-electron chi connectivity index (χ3n) is 3.95. The minimum absolute atomic E-state index is 0.0406. The van der Waals surface area contributed by atoms with Crippen molar-refractivity contribution in [1.29, 1.82) is 0 Å². The Morgan fingerprint density at radius 1 is 1.38 bits per heavy atom. The summed E-state index contributed by atoms with van der Waals surface area (Å²) in [7, 11) is 2.11. The van der Waals surface area contributed by atoms with Crippen LogP contribution in [0.1, 0.15) is 25.7 Å². The summed E-state index contributed by atoms with van der Waals surface area (Å²) >= 11 is 0. The van der Waals surface area contributed by atoms with Crippen molar-refractivity contribution in [1.82, 2.24) is 4.90 Å². The van der Waals surface area contributed by atoms with Gasteiger partial charge in [-0.25, -0.2) is 0 Å². The summed E-state index contributed by atoms with van der Waals surface area (Å²) in [5, 5.41) is 9.00. The normalized spacial score (nSPS) is 32.8. The predicted molar refractivity (Wildman–Crippen MR) is 49.5 cm³/mol. The molecule has 1 saturated heterocycles. The molecule has 1 N–H and O–H groups in total. The van der Waals surface area contributed by atoms with E-state index in [2.05, 4.69) is 11.9 Å². The Morgan fingerprint density at radius 3 is 2.38 bits per heavy atom. The van der Waals surface area contributed by atoms with Crippen molar-refractivity contribution >= 4 is 5.97 Å². The van der Waals surface area contributed by atoms with Gasteiger partial charge in [-0.2, -0.15) is 0 Å². The van der Waals surface area contributed by atoms with E-state index < -0.39 is 5.97 Å². The zero-order valence-electron chi connectivity index (χ0n) is 8.12. The average molecular weight is 183 g/mol. The van der Waals surface area contributed by atoms with E-state index in [0.717, 1.165) is 38.8 Å². The van der Waals surface area contributed by atoms with E-state index in [1.165, 1.54) is 0 Å². The third-order valence-corrected chi connectivity index (χ3v) is 3.95. The summed E-state index contributed by atoms with van der Waals surface area (Å²) in [6.45, 7) is 2.15. The minimum Gasteiger partial charge on any atom is -0.481 e. The Hall–Kier alpha value is -0.570. The van der Waals surface area contributed by atoms with Crippen LogP contribution in [0.5, 0.6) is 0 Å². The highest BCUT2D eigenvalue weighted by Crippen LogP contribution is 2.53. The fraction of sp³-hybridized carbons (Fsp3) is 0.900. The molecule has 1 atom stereocenters. The van der Waals surface area contributed by atoms with E-state index in [0.29, 0.717) is 0 Å². The first-order valence-corrected chi connectivity index (χ1v) is 5.05. The van der Waals surface area contributed by atoms with Crippen molar-refractivity contribution in [3.05, 3.63) is 0 Å². The van der Waals surface area contributed by atoms with Crippen LogP contribution in [0.25, 0.3) is 0 Å². The van der Waals surface area contributed by atoms with Crippen LogP contribution in [0.2, 0.25) is 0 Å². The monoisotopic (exact) mass is 183 g/mol. The van der Waals surface area contributed by atoms with Gasteiger partial charge in [-0.15, -0.1) is 0 Å². The highest BCUT2D eigenvalue weighted by molar-refractivity contribution is 5.72. The van der Waals surface area contributed by atoms with E-state index in [1.54, 1.807) is 0 Å². The quantitative estimate of drug-likeness (QED) is 0.664. The van der Waals surface area contributed by atoms with E-state index in [9.17, 15) is 4.79 Å². The molecular formula is C10H17NO2. The molecule has 3 nitrogen and oxygen atoms in total. The molecule has 0 aromatic carbocycles. The van der Waals surface area contributed by atoms with Gasteiger partial charge in [0.25, 0.3) is 0 Å². The fourth-order valence-electron chi connectivity index (χ4n) is 2.74. The molecule has 1 aliphatic carbocycles. The Kier molecular flexibility index (Phi) is 2.06. The molecule has 74 valence electrons. The van der Waals surface area contributed by atoms with Crippen LogP contribution in [0.15, 0.2) is 0 Å². The first-order chi connectivity index (χ1) is 6.14. The molecule has 1 saturated carbocycles. The summed E-state index contributed by atoms with van der Waals surface area (Å²) in [6, 6.07) is 0. The number of rotatable bonds is 1. The molecule has 2 aliphatic rings. The molecule has 1 heterocycles. The number of likely N-dealkylation sites (tertiary alicyclic amines) is 1. The molecule has 2 rings (SSSR count). The largest absolute Gasteiger partial charge is 0.481 e. The molecule has 13 heavy (non-hydrogen) atoms. The minimum atomic E-state index is -0.573. The molecule has 0 aromatic heterocycles. The van der Waals surface area contributed by atoms with E-state index in [1.807, 2.05) is 0 Å². The summed E-state index contributed by atoms with van der Waals surface area (Å²) < 4.78 is 0. The van der Waals surface area contributed by atoms with Gasteiger partial charge in [-0.1, -0.05) is 0 Å². The Labute approximate surface area is 78.7 Å². The maximum Gasteiger partial charge on any atom is 0.307 e. The number of piperidine rings is 1. The van der Waals surface area contributed by atoms with E-state index in [4.69, 9.17) is 5.11 Å². The lowest BCUT2D eigenvalue weighted by Gasteiger charge is -2.51. The van der Waals surface area contributed by atoms with Crippen molar-refractivity contribution < 1.29 is 9.90 Å². The van der Waals surface area contributed by atoms with Gasteiger partial charge in [-0.3, -0.25) is 4.79 Å². The van der Waals surface area contributed by atoms with Crippen LogP contribution in [0.4, 0.5) is 0 Å². The van der Waals surface area contributed by atoms with Crippen LogP contribution < -0.4 is 0 Å². The van der Waals surface area contributed by atoms with E-state index >= 15 is 0 Å². The Bertz CT molecular complexity index is 219. The van der Waals surface area contributed by atoms with Crippen molar-refractivity contribution in [2.75, 3.05) is 20.1 Å². The zero-order chi connectivity index (χ0) is 9.47. The van der Waals surface area contributed by atoms with Gasteiger partial charge in [-0.05, 0) is 51.2 Å². The number of carboxylic acids is 1. The molecular weight excluding hydrogens is 166 g/mol. The smallest absolute Gasteiger partial charge is 0.307 e. The number of nitrogens with zero attached hydrogens (tertiary/aromatic N) is 1. The zero-order valence-corrected chi connectivity index (χ0v) is 8.12. The van der Waals surface area contributed by atoms with Gasteiger partial charge in [0, 0.05) is 0 Å². The second-order valence-electron chi connectivity index (χ2n) is 4.60. The molecule has 0 aromatic rings. The fourth-order valence-corrected chi connectivity index (χ4v) is 2.74. The summed E-state index contributed by atoms with van der Waals surface area (Å²) in [6.07, 6.45) is 4.21. The second-order valence-corrected chi connectivity index (χ2v) is 4.60. The van der Waals surface area contributed by atoms with Gasteiger partial charge in [0.15, 0.2) is 0 Å². The van der Waals surface area contributed by atoms with Gasteiger partial charge in [0.05, 0.1) is 5.92 Å². The average Bonchev–Trinajstić information content (AvgIpc) is 2.03. The van der Waals surface area contributed by atoms with Crippen molar-refractivity contribution in [2.45, 2.75) is 25.7 Å². The summed E-state index contributed by atoms with van der Waals surface area (Å²) in [4.78, 5) is 13.2. The first kappa shape index (κ1) is 9.00. The number of carboxylic acid groups (broad SMARTS) is 1. The van der Waals surface area contributed by atoms with Gasteiger partial charge < -0.3 is 10.0 Å². The highest BCUT2D eigenvalue weighted by atomic mass is 16.4. The molecule has 1 spiro atoms. The standard InChI is InChI=1S/C10H17NO2/c1-11-6-4-10(5-7-11)3-2-8(10)9(12)13/h8H,2-7H2,1H3,(H,12,13). The van der Waals surface area contributed by atoms with Crippen LogP contribution in [-0.2, 0) is 4.79 Å². The summed E-state index contributed by atoms with van der Waals surface area (Å²) in [5.74, 6) is -0.614. The van der Waals surface area contributed by atoms with Gasteiger partial charge >= 0.3 is 5.97 Å². The highest BCUT2D eigenvalue weighted by Gasteiger charge is 2.51. The third kappa shape index (κ3) is 1.35. The lowest BCUT2D eigenvalue weighted by Crippen LogP contribution is -2.51. The van der Waals surface area contributed by atoms with Crippen LogP contribution in [0.3, 0.4) is 0 Å². The van der Waals surface area contributed by atoms with Crippen LogP contribution >= 0.6 is 0 Å². The molecule has 0 radical (unpaired) electrons. The molecule has 0 bridgehead atoms. The topological polar surface area (TPSA) is 40.5 Å². The predicted octanol–water partition coefficient (Wildman–Crippen LogP) is 1.19. The molecule has 1 aliphatic heterocycles. The van der Waals surface area contributed by atoms with Crippen molar-refractivity contribution in [3.8, 4) is 0 Å². The first-order valence-electron chi connectivity index (χ1n) is 5.05. The lowest BCUT2D eigenvalue weighted by molar-refractivity contribution is -0.157. The molecule has 0 amide bonds. The SMILES string of the molecule is CN1CCC2(CCC2C(=O)O)CC1. The Balaban J connectivity index is 2.02. The van der Waals surface area contributed by atoms with Gasteiger partial charge in [0.1, 0.15) is 0 Å². The van der Waals surface area contributed by atoms with Crippen molar-refractivity contribution in [2.24, 2.45) is 11.3 Å². The number of carbonyl (C=O) groups is 1. The number of aliphatic carboxylic acids is 1. The number of hydrogen-bond donors (Lipinski definition) is 1. The van der Waals surface area contributed by atoms with Gasteiger partial charge in [0.2, 0.25) is 0 Å². The maximum atomic E-state index is 10.9. The van der Waals surface area contributed by atoms with Crippen LogP contribution in [-0.4, -0.2) is 36.1 Å². The summed E-state index contributed by atoms with van der Waals surface area (Å²) in [5.41, 5.74) is 0.179. The van der Waals surface area contributed by atoms with Crippen molar-refractivity contribution in [3.63, 3.8) is 0 Å². The molecule has 1 unspecified atom stereocenters. The maximum absolute atomic E-state index is 10.9. The van der Waals surface area contributed by atoms with E-state index in [-0.39, 0.29) is 11.3 Å². The molecule has 2 fully saturated rings. The number of hydrogen-bond acceptors (Lipinski definition) is 2. The Morgan fingerprint density at radius 2 is 2.00 bits per heavy atom. The lowest BCUT2D eigenvalue weighted by atomic mass is 9.55. The second kappa shape index (κ2) is 2.98. The molecule has 3 heteroatoms. The van der Waals surface area contributed by atoms with Crippen LogP contribution in [0, 0.1) is 11.3 Å².